The molecule has 0 fully saturated rings. The van der Waals surface area contributed by atoms with Crippen LogP contribution in [-0.4, -0.2) is 20.8 Å². The molecule has 0 spiro atoms. The quantitative estimate of drug-likeness (QED) is 0.659. The molecule has 0 amide bonds. The van der Waals surface area contributed by atoms with Gasteiger partial charge in [0.05, 0.1) is 22.7 Å². The van der Waals surface area contributed by atoms with Crippen molar-refractivity contribution in [3.63, 3.8) is 0 Å². The van der Waals surface area contributed by atoms with Gasteiger partial charge >= 0.3 is 11.8 Å². The summed E-state index contributed by atoms with van der Waals surface area (Å²) in [5, 5.41) is 17.4. The van der Waals surface area contributed by atoms with Crippen LogP contribution >= 0.6 is 0 Å². The fraction of sp³-hybridized carbons (Fsp3) is 0. The number of carbonyl (C=O) groups is 1. The van der Waals surface area contributed by atoms with Crippen LogP contribution in [0.1, 0.15) is 5.56 Å². The van der Waals surface area contributed by atoms with Gasteiger partial charge in [0.2, 0.25) is 0 Å². The molecule has 2 aromatic rings. The Balaban J connectivity index is 2.87. The first-order valence-electron chi connectivity index (χ1n) is 4.01. The molecular weight excluding hydrogens is 198 g/mol. The largest absolute Gasteiger partial charge is 0.464 e. The van der Waals surface area contributed by atoms with Crippen LogP contribution in [0, 0.1) is 11.3 Å². The summed E-state index contributed by atoms with van der Waals surface area (Å²) in [6, 6.07) is 6.20. The van der Waals surface area contributed by atoms with Crippen molar-refractivity contribution in [3.05, 3.63) is 34.2 Å². The minimum atomic E-state index is -1.35. The maximum atomic E-state index is 11.2. The van der Waals surface area contributed by atoms with Gasteiger partial charge in [-0.2, -0.15) is 9.83 Å². The van der Waals surface area contributed by atoms with E-state index in [0.29, 0.717) is 15.6 Å². The van der Waals surface area contributed by atoms with Crippen LogP contribution in [0.2, 0.25) is 0 Å². The topological polar surface area (TPSA) is 98.9 Å². The Morgan fingerprint density at radius 1 is 1.53 bits per heavy atom. The lowest BCUT2D eigenvalue weighted by atomic mass is 10.2. The zero-order valence-electron chi connectivity index (χ0n) is 7.39. The number of nitrogens with zero attached hydrogens (tertiary/aromatic N) is 2. The fourth-order valence-electron chi connectivity index (χ4n) is 1.37. The third-order valence-electron chi connectivity index (χ3n) is 2.00. The van der Waals surface area contributed by atoms with E-state index in [9.17, 15) is 9.59 Å². The van der Waals surface area contributed by atoms with E-state index in [1.165, 1.54) is 18.2 Å². The number of nitriles is 1. The van der Waals surface area contributed by atoms with Crippen molar-refractivity contribution in [2.45, 2.75) is 0 Å². The third-order valence-corrected chi connectivity index (χ3v) is 2.00. The van der Waals surface area contributed by atoms with E-state index in [-0.39, 0.29) is 5.52 Å². The summed E-state index contributed by atoms with van der Waals surface area (Å²) in [5.41, 5.74) is 0.210. The smallest absolute Gasteiger partial charge is 0.420 e. The molecule has 0 saturated carbocycles. The van der Waals surface area contributed by atoms with E-state index in [1.54, 1.807) is 0 Å². The van der Waals surface area contributed by atoms with Crippen LogP contribution in [0.25, 0.3) is 11.0 Å². The number of rotatable bonds is 0. The van der Waals surface area contributed by atoms with Crippen LogP contribution < -0.4 is 5.69 Å². The predicted octanol–water partition coefficient (Wildman–Crippen LogP) is 0.727. The number of aromatic amines is 1. The zero-order chi connectivity index (χ0) is 11.0. The Kier molecular flexibility index (Phi) is 1.80. The number of carboxylic acid groups (broad SMARTS) is 1. The Labute approximate surface area is 83.0 Å². The van der Waals surface area contributed by atoms with E-state index in [2.05, 4.69) is 4.98 Å². The zero-order valence-corrected chi connectivity index (χ0v) is 7.39. The highest BCUT2D eigenvalue weighted by Crippen LogP contribution is 2.11. The molecule has 0 radical (unpaired) electrons. The second-order valence-electron chi connectivity index (χ2n) is 2.89. The van der Waals surface area contributed by atoms with Gasteiger partial charge < -0.3 is 10.1 Å². The summed E-state index contributed by atoms with van der Waals surface area (Å²) in [7, 11) is 0. The molecule has 1 heterocycles. The molecule has 0 bridgehead atoms. The second kappa shape index (κ2) is 2.99. The molecule has 74 valence electrons. The molecule has 0 atom stereocenters. The normalized spacial score (nSPS) is 10.1. The van der Waals surface area contributed by atoms with Crippen molar-refractivity contribution >= 4 is 17.1 Å². The van der Waals surface area contributed by atoms with Crippen molar-refractivity contribution in [1.82, 2.24) is 9.55 Å². The standard InChI is InChI=1S/C9H5N3O3/c10-4-5-1-2-7-6(3-5)11-8(13)12(7)9(14)15/h1-3H,(H,11,13)(H,14,15). The first-order valence-corrected chi connectivity index (χ1v) is 4.01. The first kappa shape index (κ1) is 9.02. The van der Waals surface area contributed by atoms with Crippen molar-refractivity contribution in [2.24, 2.45) is 0 Å². The fourth-order valence-corrected chi connectivity index (χ4v) is 1.37. The number of nitrogens with one attached hydrogen (secondary N) is 1. The van der Waals surface area contributed by atoms with Gasteiger partial charge in [-0.1, -0.05) is 0 Å². The number of hydrogen-bond donors (Lipinski definition) is 2. The molecule has 6 nitrogen and oxygen atoms in total. The molecule has 1 aromatic carbocycles. The van der Waals surface area contributed by atoms with Gasteiger partial charge in [0.25, 0.3) is 0 Å². The van der Waals surface area contributed by atoms with E-state index in [0.717, 1.165) is 0 Å². The summed E-state index contributed by atoms with van der Waals surface area (Å²) in [5.74, 6) is 0. The van der Waals surface area contributed by atoms with Gasteiger partial charge in [-0.15, -0.1) is 0 Å². The molecule has 0 saturated heterocycles. The maximum Gasteiger partial charge on any atom is 0.420 e. The van der Waals surface area contributed by atoms with Gasteiger partial charge in [0.15, 0.2) is 0 Å². The average molecular weight is 203 g/mol. The number of hydrogen-bond acceptors (Lipinski definition) is 3. The molecule has 2 N–H and O–H groups in total. The highest BCUT2D eigenvalue weighted by molar-refractivity contribution is 5.86. The maximum absolute atomic E-state index is 11.2. The van der Waals surface area contributed by atoms with Crippen LogP contribution in [0.15, 0.2) is 23.0 Å². The van der Waals surface area contributed by atoms with E-state index in [1.807, 2.05) is 6.07 Å². The van der Waals surface area contributed by atoms with Crippen molar-refractivity contribution in [2.75, 3.05) is 0 Å². The lowest BCUT2D eigenvalue weighted by molar-refractivity contribution is 0.196. The summed E-state index contributed by atoms with van der Waals surface area (Å²) in [4.78, 5) is 24.3. The van der Waals surface area contributed by atoms with Crippen LogP contribution in [0.3, 0.4) is 0 Å². The Morgan fingerprint density at radius 2 is 2.27 bits per heavy atom. The lowest BCUT2D eigenvalue weighted by Gasteiger charge is -1.94. The molecule has 0 aliphatic heterocycles. The molecular formula is C9H5N3O3. The second-order valence-corrected chi connectivity index (χ2v) is 2.89. The minimum absolute atomic E-state index is 0.242. The molecule has 15 heavy (non-hydrogen) atoms. The van der Waals surface area contributed by atoms with Crippen molar-refractivity contribution in [1.29, 1.82) is 5.26 Å². The Bertz CT molecular complexity index is 645. The number of aromatic nitrogens is 2. The molecule has 0 aliphatic carbocycles. The van der Waals surface area contributed by atoms with Crippen LogP contribution in [0.4, 0.5) is 4.79 Å². The molecule has 0 aliphatic rings. The van der Waals surface area contributed by atoms with Gasteiger partial charge in [-0.3, -0.25) is 0 Å². The Morgan fingerprint density at radius 3 is 2.87 bits per heavy atom. The van der Waals surface area contributed by atoms with Crippen molar-refractivity contribution < 1.29 is 9.90 Å². The van der Waals surface area contributed by atoms with Crippen molar-refractivity contribution in [3.8, 4) is 6.07 Å². The number of fused-ring (bicyclic) bond motifs is 1. The molecule has 1 aromatic heterocycles. The van der Waals surface area contributed by atoms with Crippen LogP contribution in [-0.2, 0) is 0 Å². The van der Waals surface area contributed by atoms with E-state index >= 15 is 0 Å². The van der Waals surface area contributed by atoms with E-state index < -0.39 is 11.8 Å². The highest BCUT2D eigenvalue weighted by Gasteiger charge is 2.12. The van der Waals surface area contributed by atoms with Crippen LogP contribution in [0.5, 0.6) is 0 Å². The molecule has 0 unspecified atom stereocenters. The van der Waals surface area contributed by atoms with Gasteiger partial charge in [-0.05, 0) is 18.2 Å². The van der Waals surface area contributed by atoms with Gasteiger partial charge in [0.1, 0.15) is 0 Å². The first-order chi connectivity index (χ1) is 7.13. The lowest BCUT2D eigenvalue weighted by Crippen LogP contribution is -2.22. The highest BCUT2D eigenvalue weighted by atomic mass is 16.4. The minimum Gasteiger partial charge on any atom is -0.464 e. The number of imidazole rings is 1. The monoisotopic (exact) mass is 203 g/mol. The average Bonchev–Trinajstić information content (AvgIpc) is 2.52. The van der Waals surface area contributed by atoms with Gasteiger partial charge in [-0.25, -0.2) is 9.59 Å². The summed E-state index contributed by atoms with van der Waals surface area (Å²) >= 11 is 0. The number of H-pyrrole nitrogens is 1. The predicted molar refractivity (Wildman–Crippen MR) is 50.7 cm³/mol. The number of benzene rings is 1. The summed E-state index contributed by atoms with van der Waals surface area (Å²) in [6.07, 6.45) is -1.35. The third kappa shape index (κ3) is 1.26. The SMILES string of the molecule is N#Cc1ccc2c(c1)[nH]c(=O)n2C(=O)O. The molecule has 2 rings (SSSR count). The summed E-state index contributed by atoms with van der Waals surface area (Å²) < 4.78 is 0.594. The van der Waals surface area contributed by atoms with E-state index in [4.69, 9.17) is 10.4 Å². The summed E-state index contributed by atoms with van der Waals surface area (Å²) in [6.45, 7) is 0. The Hall–Kier alpha value is -2.55. The molecule has 6 heteroatoms. The van der Waals surface area contributed by atoms with Gasteiger partial charge in [0, 0.05) is 0 Å².